The highest BCUT2D eigenvalue weighted by Gasteiger charge is 2.52. The maximum absolute atomic E-state index is 13.1. The predicted octanol–water partition coefficient (Wildman–Crippen LogP) is 8.88. The van der Waals surface area contributed by atoms with Crippen molar-refractivity contribution in [3.63, 3.8) is 0 Å². The number of nitrogens with zero attached hydrogens (tertiary/aromatic N) is 3. The van der Waals surface area contributed by atoms with Crippen LogP contribution in [0.15, 0.2) is 35.4 Å². The van der Waals surface area contributed by atoms with Gasteiger partial charge < -0.3 is 55.1 Å². The first-order valence-corrected chi connectivity index (χ1v) is 25.5. The molecule has 2 saturated heterocycles. The molecule has 69 heavy (non-hydrogen) atoms. The Morgan fingerprint density at radius 3 is 1.49 bits per heavy atom. The van der Waals surface area contributed by atoms with Crippen LogP contribution in [0.4, 0.5) is 0 Å². The molecule has 2 heterocycles. The van der Waals surface area contributed by atoms with Crippen molar-refractivity contribution in [2.24, 2.45) is 32.8 Å². The van der Waals surface area contributed by atoms with E-state index in [1.165, 1.54) is 0 Å². The van der Waals surface area contributed by atoms with Crippen LogP contribution in [0.2, 0.25) is 19.0 Å². The lowest BCUT2D eigenvalue weighted by Gasteiger charge is -2.32. The molecule has 8 N–H and O–H groups in total. The molecule has 20 heteroatoms. The number of unbranched alkanes of at least 4 members (excludes halogenated alkanes) is 3. The third kappa shape index (κ3) is 16.2. The van der Waals surface area contributed by atoms with Crippen molar-refractivity contribution in [3.05, 3.63) is 46.3 Å². The molecule has 1 aromatic carbocycles. The molecule has 6 atom stereocenters. The second-order valence-electron chi connectivity index (χ2n) is 22.7. The van der Waals surface area contributed by atoms with E-state index in [9.17, 15) is 24.6 Å². The van der Waals surface area contributed by atoms with Crippen LogP contribution in [0.5, 0.6) is 0 Å². The van der Waals surface area contributed by atoms with Gasteiger partial charge in [0.1, 0.15) is 6.61 Å². The summed E-state index contributed by atoms with van der Waals surface area (Å²) in [6.45, 7) is 16.7. The maximum atomic E-state index is 13.1. The number of hydrogen-bond donors (Lipinski definition) is 6. The van der Waals surface area contributed by atoms with E-state index in [0.29, 0.717) is 70.5 Å². The van der Waals surface area contributed by atoms with E-state index in [2.05, 4.69) is 37.7 Å². The fraction of sp³-hybridized carbons (Fsp3) is 0.816. The first kappa shape index (κ1) is 58.4. The van der Waals surface area contributed by atoms with Gasteiger partial charge >= 0.3 is 39.3 Å². The molecule has 5 aliphatic rings. The second kappa shape index (κ2) is 25.0. The number of carbonyl (C=O) groups is 3. The fourth-order valence-electron chi connectivity index (χ4n) is 10.6. The van der Waals surface area contributed by atoms with E-state index >= 15 is 0 Å². The number of benzene rings is 1. The van der Waals surface area contributed by atoms with E-state index in [1.807, 2.05) is 58.0 Å². The second-order valence-corrected chi connectivity index (χ2v) is 22.7. The van der Waals surface area contributed by atoms with Crippen LogP contribution in [0.1, 0.15) is 177 Å². The zero-order valence-electron chi connectivity index (χ0n) is 43.0. The molecule has 1 aromatic rings. The summed E-state index contributed by atoms with van der Waals surface area (Å²) in [5.41, 5.74) is 18.4. The van der Waals surface area contributed by atoms with E-state index in [4.69, 9.17) is 50.4 Å². The van der Waals surface area contributed by atoms with Crippen molar-refractivity contribution in [2.75, 3.05) is 0 Å². The SMILES string of the molecule is CC1(C)OB(CCCC[C@@]2(C(=O)O)CC[C@@H](N)C2)OC1(C)C.CC1(C)OB(CCCC[C@@]2(C(=O)OCc3ccccc3)CC[C@@H](N=[N+]=[N-])C2)OC1(C)C.N[C@@H]1CC[C@@](CCCCB(O)O)(C(=O)O)C1. The van der Waals surface area contributed by atoms with Gasteiger partial charge in [-0.2, -0.15) is 0 Å². The van der Waals surface area contributed by atoms with Crippen LogP contribution in [-0.4, -0.2) is 100 Å². The van der Waals surface area contributed by atoms with Crippen LogP contribution in [0, 0.1) is 16.2 Å². The van der Waals surface area contributed by atoms with E-state index in [1.54, 1.807) is 0 Å². The van der Waals surface area contributed by atoms with Gasteiger partial charge in [-0.25, -0.2) is 0 Å². The van der Waals surface area contributed by atoms with Crippen molar-refractivity contribution in [1.82, 2.24) is 0 Å². The molecule has 5 fully saturated rings. The molecular weight excluding hydrogens is 883 g/mol. The number of carbonyl (C=O) groups excluding carboxylic acids is 1. The van der Waals surface area contributed by atoms with Crippen LogP contribution < -0.4 is 11.5 Å². The average Bonchev–Trinajstić information content (AvgIpc) is 4.06. The Balaban J connectivity index is 0.000000239. The highest BCUT2D eigenvalue weighted by atomic mass is 16.7. The van der Waals surface area contributed by atoms with Gasteiger partial charge in [0.05, 0.1) is 38.6 Å². The number of azide groups is 1. The van der Waals surface area contributed by atoms with Gasteiger partial charge in [0.25, 0.3) is 0 Å². The molecule has 17 nitrogen and oxygen atoms in total. The Bertz CT molecular complexity index is 1840. The summed E-state index contributed by atoms with van der Waals surface area (Å²) in [4.78, 5) is 38.9. The highest BCUT2D eigenvalue weighted by molar-refractivity contribution is 6.45. The molecule has 3 aliphatic carbocycles. The standard InChI is InChI=1S/C23H34BN3O4.C16H30BNO4.C10H20BNO4/c1-21(2)22(3,4)31-24(30-21)15-9-8-13-23(14-12-19(16-23)26-27-25)20(28)29-17-18-10-6-5-7-11-18;1-14(2)15(3,4)22-17(21-14)10-6-5-8-16(13(19)20)9-7-12(18)11-16;12-8-3-5-10(7-8,9(13)14)4-1-2-6-11(15)16/h5-7,10-11,19H,8-9,12-17H2,1-4H3;12H,5-11,18H2,1-4H3,(H,19,20);8,15-16H,1-7,12H2,(H,13,14)/t19-,23-;12-,16-;8-,10-/m111/s1. The molecule has 0 spiro atoms. The summed E-state index contributed by atoms with van der Waals surface area (Å²) in [7, 11) is -1.69. The number of esters is 1. The van der Waals surface area contributed by atoms with Gasteiger partial charge in [-0.1, -0.05) is 74.0 Å². The largest absolute Gasteiger partial charge is 0.481 e. The maximum Gasteiger partial charge on any atom is 0.457 e. The Labute approximate surface area is 412 Å². The number of nitrogens with two attached hydrogens (primary N) is 2. The topological polar surface area (TPSA) is 279 Å². The number of rotatable bonds is 21. The number of carboxylic acids is 2. The summed E-state index contributed by atoms with van der Waals surface area (Å²) in [6, 6.07) is 9.60. The normalized spacial score (nSPS) is 29.3. The van der Waals surface area contributed by atoms with Gasteiger partial charge in [0.15, 0.2) is 0 Å². The Morgan fingerprint density at radius 2 is 1.10 bits per heavy atom. The molecule has 0 amide bonds. The molecular formula is C49H84B3N5O12. The summed E-state index contributed by atoms with van der Waals surface area (Å²) < 4.78 is 29.8. The molecule has 2 aliphatic heterocycles. The molecule has 0 unspecified atom stereocenters. The summed E-state index contributed by atoms with van der Waals surface area (Å²) in [5.74, 6) is -1.62. The summed E-state index contributed by atoms with van der Waals surface area (Å²) in [6.07, 6.45) is 14.9. The van der Waals surface area contributed by atoms with Crippen LogP contribution in [0.3, 0.4) is 0 Å². The average molecular weight is 968 g/mol. The Morgan fingerprint density at radius 1 is 0.681 bits per heavy atom. The minimum atomic E-state index is -1.29. The number of ether oxygens (including phenoxy) is 1. The lowest BCUT2D eigenvalue weighted by molar-refractivity contribution is -0.158. The number of aliphatic carboxylic acids is 2. The molecule has 0 bridgehead atoms. The van der Waals surface area contributed by atoms with E-state index in [0.717, 1.165) is 69.6 Å². The quantitative estimate of drug-likeness (QED) is 0.0168. The van der Waals surface area contributed by atoms with Gasteiger partial charge in [0.2, 0.25) is 0 Å². The van der Waals surface area contributed by atoms with Crippen molar-refractivity contribution >= 4 is 39.3 Å². The lowest BCUT2D eigenvalue weighted by atomic mass is 9.77. The Kier molecular flexibility index (Phi) is 21.1. The fourth-order valence-corrected chi connectivity index (χ4v) is 10.6. The minimum absolute atomic E-state index is 0.000433. The third-order valence-corrected chi connectivity index (χ3v) is 16.3. The molecule has 0 radical (unpaired) electrons. The zero-order valence-corrected chi connectivity index (χ0v) is 43.0. The van der Waals surface area contributed by atoms with Gasteiger partial charge in [-0.3, -0.25) is 14.4 Å². The number of carboxylic acid groups (broad SMARTS) is 2. The molecule has 386 valence electrons. The van der Waals surface area contributed by atoms with Crippen LogP contribution in [0.25, 0.3) is 10.4 Å². The Hall–Kier alpha value is -3.19. The summed E-state index contributed by atoms with van der Waals surface area (Å²) in [5, 5.41) is 40.0. The van der Waals surface area contributed by atoms with Crippen molar-refractivity contribution in [2.45, 2.75) is 237 Å². The molecule has 0 aromatic heterocycles. The first-order valence-electron chi connectivity index (χ1n) is 25.5. The summed E-state index contributed by atoms with van der Waals surface area (Å²) >= 11 is 0. The molecule has 6 rings (SSSR count). The van der Waals surface area contributed by atoms with Gasteiger partial charge in [-0.05, 0) is 162 Å². The molecule has 3 saturated carbocycles. The van der Waals surface area contributed by atoms with Crippen LogP contribution >= 0.6 is 0 Å². The zero-order chi connectivity index (χ0) is 51.3. The highest BCUT2D eigenvalue weighted by Crippen LogP contribution is 2.47. The van der Waals surface area contributed by atoms with Gasteiger partial charge in [0, 0.05) is 23.0 Å². The monoisotopic (exact) mass is 968 g/mol. The van der Waals surface area contributed by atoms with E-state index in [-0.39, 0.29) is 67.3 Å². The van der Waals surface area contributed by atoms with Gasteiger partial charge in [-0.15, -0.1) is 0 Å². The van der Waals surface area contributed by atoms with Crippen molar-refractivity contribution < 1.29 is 58.0 Å². The van der Waals surface area contributed by atoms with Crippen LogP contribution in [-0.2, 0) is 44.3 Å². The smallest absolute Gasteiger partial charge is 0.457 e. The first-order chi connectivity index (χ1) is 32.2. The number of hydrogen-bond acceptors (Lipinski definition) is 13. The van der Waals surface area contributed by atoms with E-state index < -0.39 is 35.3 Å². The van der Waals surface area contributed by atoms with Crippen molar-refractivity contribution in [3.8, 4) is 0 Å². The third-order valence-electron chi connectivity index (χ3n) is 16.3. The lowest BCUT2D eigenvalue weighted by Crippen LogP contribution is -2.41. The minimum Gasteiger partial charge on any atom is -0.481 e. The predicted molar refractivity (Wildman–Crippen MR) is 268 cm³/mol. The van der Waals surface area contributed by atoms with Crippen molar-refractivity contribution in [1.29, 1.82) is 0 Å².